The van der Waals surface area contributed by atoms with Crippen molar-refractivity contribution in [2.75, 3.05) is 6.61 Å². The molecule has 1 unspecified atom stereocenters. The normalized spacial score (nSPS) is 20.2. The van der Waals surface area contributed by atoms with Crippen LogP contribution in [0.15, 0.2) is 66.0 Å². The average Bonchev–Trinajstić information content (AvgIpc) is 3.05. The molecule has 5 rings (SSSR count). The SMILES string of the molecule is NC1=NC2(CO1)c1ccccc1Oc1ncc(-c3cccnc3)cc12. The molecule has 0 amide bonds. The number of aromatic nitrogens is 2. The van der Waals surface area contributed by atoms with Crippen molar-refractivity contribution in [1.82, 2.24) is 9.97 Å². The molecule has 2 N–H and O–H groups in total. The number of benzene rings is 1. The summed E-state index contributed by atoms with van der Waals surface area (Å²) in [6, 6.07) is 13.9. The Morgan fingerprint density at radius 1 is 1.00 bits per heavy atom. The Kier molecular flexibility index (Phi) is 2.82. The fourth-order valence-corrected chi connectivity index (χ4v) is 3.37. The number of nitrogens with two attached hydrogens (primary N) is 1. The van der Waals surface area contributed by atoms with E-state index in [2.05, 4.69) is 15.0 Å². The quantitative estimate of drug-likeness (QED) is 0.742. The van der Waals surface area contributed by atoms with Crippen LogP contribution in [0.2, 0.25) is 0 Å². The molecule has 0 bridgehead atoms. The van der Waals surface area contributed by atoms with Gasteiger partial charge in [-0.25, -0.2) is 9.98 Å². The van der Waals surface area contributed by atoms with E-state index in [1.165, 1.54) is 0 Å². The summed E-state index contributed by atoms with van der Waals surface area (Å²) >= 11 is 0. The number of nitrogens with zero attached hydrogens (tertiary/aromatic N) is 3. The van der Waals surface area contributed by atoms with Gasteiger partial charge in [0.05, 0.1) is 5.56 Å². The Morgan fingerprint density at radius 3 is 2.72 bits per heavy atom. The minimum Gasteiger partial charge on any atom is -0.462 e. The molecule has 4 heterocycles. The summed E-state index contributed by atoms with van der Waals surface area (Å²) in [7, 11) is 0. The van der Waals surface area contributed by atoms with Crippen LogP contribution in [0.5, 0.6) is 11.6 Å². The molecule has 0 aliphatic carbocycles. The smallest absolute Gasteiger partial charge is 0.283 e. The first-order valence-corrected chi connectivity index (χ1v) is 7.93. The van der Waals surface area contributed by atoms with Crippen molar-refractivity contribution in [3.05, 3.63) is 72.2 Å². The van der Waals surface area contributed by atoms with Gasteiger partial charge in [-0.15, -0.1) is 0 Å². The maximum Gasteiger partial charge on any atom is 0.283 e. The maximum atomic E-state index is 6.00. The van der Waals surface area contributed by atoms with Crippen molar-refractivity contribution in [2.24, 2.45) is 10.7 Å². The minimum absolute atomic E-state index is 0.175. The molecule has 6 nitrogen and oxygen atoms in total. The lowest BCUT2D eigenvalue weighted by Crippen LogP contribution is -2.31. The van der Waals surface area contributed by atoms with Crippen molar-refractivity contribution < 1.29 is 9.47 Å². The lowest BCUT2D eigenvalue weighted by molar-refractivity contribution is 0.262. The van der Waals surface area contributed by atoms with Gasteiger partial charge in [-0.2, -0.15) is 0 Å². The number of pyridine rings is 2. The zero-order valence-corrected chi connectivity index (χ0v) is 13.2. The Balaban J connectivity index is 1.75. The molecule has 2 aliphatic rings. The number of para-hydroxylation sites is 1. The summed E-state index contributed by atoms with van der Waals surface area (Å²) in [4.78, 5) is 13.3. The molecule has 0 radical (unpaired) electrons. The first-order chi connectivity index (χ1) is 12.3. The molecule has 0 saturated carbocycles. The highest BCUT2D eigenvalue weighted by Crippen LogP contribution is 2.50. The van der Waals surface area contributed by atoms with Crippen LogP contribution in [0.25, 0.3) is 11.1 Å². The number of amidine groups is 1. The summed E-state index contributed by atoms with van der Waals surface area (Å²) in [5.41, 5.74) is 8.80. The third-order valence-corrected chi connectivity index (χ3v) is 4.56. The first-order valence-electron chi connectivity index (χ1n) is 7.93. The van der Waals surface area contributed by atoms with Crippen LogP contribution in [-0.2, 0) is 10.3 Å². The standard InChI is InChI=1S/C19H14N4O2/c20-18-23-19(11-24-18)14-5-1-2-6-16(14)25-17-15(19)8-13(10-22-17)12-4-3-7-21-9-12/h1-10H,11H2,(H2,20,23). The number of fused-ring (bicyclic) bond motifs is 4. The Morgan fingerprint density at radius 2 is 1.92 bits per heavy atom. The minimum atomic E-state index is -0.737. The Hall–Kier alpha value is -3.41. The van der Waals surface area contributed by atoms with Crippen LogP contribution < -0.4 is 10.5 Å². The molecule has 1 atom stereocenters. The van der Waals surface area contributed by atoms with Crippen LogP contribution in [0.1, 0.15) is 11.1 Å². The van der Waals surface area contributed by atoms with Crippen molar-refractivity contribution in [3.63, 3.8) is 0 Å². The van der Waals surface area contributed by atoms with Crippen LogP contribution in [-0.4, -0.2) is 22.6 Å². The number of hydrogen-bond donors (Lipinski definition) is 1. The molecule has 6 heteroatoms. The third-order valence-electron chi connectivity index (χ3n) is 4.56. The molecule has 1 aromatic carbocycles. The average molecular weight is 330 g/mol. The Labute approximate surface area is 144 Å². The van der Waals surface area contributed by atoms with Gasteiger partial charge in [0.15, 0.2) is 5.54 Å². The van der Waals surface area contributed by atoms with Crippen molar-refractivity contribution >= 4 is 6.02 Å². The summed E-state index contributed by atoms with van der Waals surface area (Å²) in [5, 5.41) is 0. The number of hydrogen-bond acceptors (Lipinski definition) is 6. The third kappa shape index (κ3) is 2.00. The predicted molar refractivity (Wildman–Crippen MR) is 92.3 cm³/mol. The van der Waals surface area contributed by atoms with E-state index in [1.54, 1.807) is 18.6 Å². The van der Waals surface area contributed by atoms with E-state index in [0.29, 0.717) is 12.5 Å². The van der Waals surface area contributed by atoms with Crippen molar-refractivity contribution in [3.8, 4) is 22.8 Å². The van der Waals surface area contributed by atoms with Gasteiger partial charge in [0.2, 0.25) is 5.88 Å². The van der Waals surface area contributed by atoms with Gasteiger partial charge in [-0.3, -0.25) is 4.98 Å². The molecule has 25 heavy (non-hydrogen) atoms. The summed E-state index contributed by atoms with van der Waals surface area (Å²) in [6.45, 7) is 0.324. The van der Waals surface area contributed by atoms with E-state index >= 15 is 0 Å². The van der Waals surface area contributed by atoms with Crippen molar-refractivity contribution in [1.29, 1.82) is 0 Å². The van der Waals surface area contributed by atoms with Gasteiger partial charge in [0, 0.05) is 35.3 Å². The topological polar surface area (TPSA) is 82.6 Å². The van der Waals surface area contributed by atoms with E-state index in [-0.39, 0.29) is 6.02 Å². The second-order valence-corrected chi connectivity index (χ2v) is 6.02. The van der Waals surface area contributed by atoms with E-state index in [4.69, 9.17) is 15.2 Å². The zero-order valence-electron chi connectivity index (χ0n) is 13.2. The van der Waals surface area contributed by atoms with Gasteiger partial charge >= 0.3 is 0 Å². The van der Waals surface area contributed by atoms with Gasteiger partial charge < -0.3 is 15.2 Å². The monoisotopic (exact) mass is 330 g/mol. The second-order valence-electron chi connectivity index (χ2n) is 6.02. The molecule has 2 aliphatic heterocycles. The summed E-state index contributed by atoms with van der Waals surface area (Å²) in [5.74, 6) is 1.24. The van der Waals surface area contributed by atoms with E-state index in [1.807, 2.05) is 42.5 Å². The van der Waals surface area contributed by atoms with E-state index in [9.17, 15) is 0 Å². The molecular weight excluding hydrogens is 316 g/mol. The maximum absolute atomic E-state index is 6.00. The second kappa shape index (κ2) is 5.04. The largest absolute Gasteiger partial charge is 0.462 e. The molecule has 0 saturated heterocycles. The fraction of sp³-hybridized carbons (Fsp3) is 0.105. The summed E-state index contributed by atoms with van der Waals surface area (Å²) in [6.07, 6.45) is 5.32. The number of aliphatic imine (C=N–C) groups is 1. The molecule has 0 fully saturated rings. The van der Waals surface area contributed by atoms with E-state index < -0.39 is 5.54 Å². The summed E-state index contributed by atoms with van der Waals surface area (Å²) < 4.78 is 11.5. The lowest BCUT2D eigenvalue weighted by Gasteiger charge is -2.32. The van der Waals surface area contributed by atoms with Crippen LogP contribution >= 0.6 is 0 Å². The highest BCUT2D eigenvalue weighted by atomic mass is 16.5. The molecule has 1 spiro atoms. The van der Waals surface area contributed by atoms with Gasteiger partial charge in [-0.1, -0.05) is 24.3 Å². The number of ether oxygens (including phenoxy) is 2. The Bertz CT molecular complexity index is 1000. The molecule has 122 valence electrons. The van der Waals surface area contributed by atoms with E-state index in [0.717, 1.165) is 28.0 Å². The highest BCUT2D eigenvalue weighted by molar-refractivity contribution is 5.77. The highest BCUT2D eigenvalue weighted by Gasteiger charge is 2.47. The fourth-order valence-electron chi connectivity index (χ4n) is 3.37. The van der Waals surface area contributed by atoms with Crippen LogP contribution in [0.3, 0.4) is 0 Å². The van der Waals surface area contributed by atoms with Gasteiger partial charge in [0.25, 0.3) is 6.02 Å². The van der Waals surface area contributed by atoms with Crippen LogP contribution in [0, 0.1) is 0 Å². The van der Waals surface area contributed by atoms with Gasteiger partial charge in [-0.05, 0) is 18.2 Å². The first kappa shape index (κ1) is 14.0. The lowest BCUT2D eigenvalue weighted by atomic mass is 9.82. The molecule has 3 aromatic rings. The molecular formula is C19H14N4O2. The van der Waals surface area contributed by atoms with Gasteiger partial charge in [0.1, 0.15) is 12.4 Å². The molecule has 2 aromatic heterocycles. The number of rotatable bonds is 1. The zero-order chi connectivity index (χ0) is 16.9. The van der Waals surface area contributed by atoms with Crippen molar-refractivity contribution in [2.45, 2.75) is 5.54 Å². The predicted octanol–water partition coefficient (Wildman–Crippen LogP) is 2.84. The van der Waals surface area contributed by atoms with Crippen LogP contribution in [0.4, 0.5) is 0 Å².